The minimum absolute atomic E-state index is 0.738. The molecule has 2 heterocycles. The quantitative estimate of drug-likeness (QED) is 0.179. The van der Waals surface area contributed by atoms with Crippen LogP contribution < -0.4 is 0 Å². The average Bonchev–Trinajstić information content (AvgIpc) is 3.57. The third kappa shape index (κ3) is 4.62. The molecule has 0 N–H and O–H groups in total. The fourth-order valence-corrected chi connectivity index (χ4v) is 8.47. The van der Waals surface area contributed by atoms with E-state index in [9.17, 15) is 0 Å². The van der Waals surface area contributed by atoms with Crippen LogP contribution in [0.15, 0.2) is 170 Å². The zero-order valence-corrected chi connectivity index (χ0v) is 27.3. The molecular weight excluding hydrogens is 613 g/mol. The van der Waals surface area contributed by atoms with Gasteiger partial charge in [0.25, 0.3) is 0 Å². The maximum Gasteiger partial charge on any atom is 0.160 e. The smallest absolute Gasteiger partial charge is 0.160 e. The Morgan fingerprint density at radius 3 is 1.49 bits per heavy atom. The zero-order chi connectivity index (χ0) is 32.3. The Morgan fingerprint density at radius 1 is 0.327 bits per heavy atom. The number of hydrogen-bond acceptors (Lipinski definition) is 3. The summed E-state index contributed by atoms with van der Waals surface area (Å²) in [5, 5.41) is 8.90. The Bertz CT molecular complexity index is 2850. The molecule has 49 heavy (non-hydrogen) atoms. The predicted molar refractivity (Wildman–Crippen MR) is 209 cm³/mol. The Hall–Kier alpha value is -6.16. The first-order valence-corrected chi connectivity index (χ1v) is 17.4. The van der Waals surface area contributed by atoms with Crippen molar-refractivity contribution in [2.75, 3.05) is 0 Å². The van der Waals surface area contributed by atoms with E-state index in [0.717, 1.165) is 44.0 Å². The predicted octanol–water partition coefficient (Wildman–Crippen LogP) is 13.0. The number of hydrogen-bond donors (Lipinski definition) is 0. The van der Waals surface area contributed by atoms with Crippen molar-refractivity contribution in [3.8, 4) is 44.9 Å². The van der Waals surface area contributed by atoms with Crippen molar-refractivity contribution >= 4 is 64.0 Å². The van der Waals surface area contributed by atoms with Gasteiger partial charge in [-0.15, -0.1) is 11.3 Å². The van der Waals surface area contributed by atoms with Crippen LogP contribution in [-0.4, -0.2) is 9.97 Å². The summed E-state index contributed by atoms with van der Waals surface area (Å²) < 4.78 is 2.35. The third-order valence-corrected chi connectivity index (χ3v) is 10.8. The van der Waals surface area contributed by atoms with E-state index < -0.39 is 0 Å². The molecule has 0 saturated carbocycles. The van der Waals surface area contributed by atoms with Crippen LogP contribution in [0.1, 0.15) is 0 Å². The summed E-state index contributed by atoms with van der Waals surface area (Å²) in [6.07, 6.45) is 0. The second-order valence-corrected chi connectivity index (χ2v) is 13.6. The molecule has 0 amide bonds. The molecule has 0 saturated heterocycles. The van der Waals surface area contributed by atoms with E-state index in [2.05, 4.69) is 164 Å². The van der Waals surface area contributed by atoms with Crippen molar-refractivity contribution < 1.29 is 0 Å². The van der Waals surface area contributed by atoms with E-state index in [4.69, 9.17) is 9.97 Å². The lowest BCUT2D eigenvalue weighted by atomic mass is 9.91. The van der Waals surface area contributed by atoms with Crippen LogP contribution in [0.4, 0.5) is 0 Å². The molecule has 0 bridgehead atoms. The number of thiophene rings is 1. The van der Waals surface area contributed by atoms with Crippen LogP contribution in [0.2, 0.25) is 0 Å². The van der Waals surface area contributed by atoms with E-state index in [1.54, 1.807) is 11.3 Å². The largest absolute Gasteiger partial charge is 0.226 e. The van der Waals surface area contributed by atoms with Gasteiger partial charge in [-0.05, 0) is 78.8 Å². The summed E-state index contributed by atoms with van der Waals surface area (Å²) in [5.74, 6) is 0.738. The van der Waals surface area contributed by atoms with Gasteiger partial charge in [-0.3, -0.25) is 0 Å². The molecule has 0 fully saturated rings. The first-order valence-electron chi connectivity index (χ1n) is 16.6. The summed E-state index contributed by atoms with van der Waals surface area (Å²) in [4.78, 5) is 10.4. The normalized spacial score (nSPS) is 11.7. The maximum absolute atomic E-state index is 5.21. The standard InChI is InChI=1S/C46H28N2S/c1-2-12-29(13-3-1)43-45-44(40-22-8-9-23-42(40)49-45)48-46(47-43)34-17-11-16-32(27-34)30-14-10-15-31(26-30)33-24-25-39-37-20-5-4-18-35(37)36-19-6-7-21-38(36)41(39)28-33/h1-28H. The minimum atomic E-state index is 0.738. The lowest BCUT2D eigenvalue weighted by molar-refractivity contribution is 1.24. The fourth-order valence-electron chi connectivity index (χ4n) is 7.32. The van der Waals surface area contributed by atoms with Gasteiger partial charge in [-0.2, -0.15) is 0 Å². The Labute approximate surface area is 287 Å². The zero-order valence-electron chi connectivity index (χ0n) is 26.5. The number of rotatable bonds is 4. The van der Waals surface area contributed by atoms with Gasteiger partial charge in [0.05, 0.1) is 15.9 Å². The van der Waals surface area contributed by atoms with Gasteiger partial charge in [0.1, 0.15) is 0 Å². The third-order valence-electron chi connectivity index (χ3n) is 9.66. The average molecular weight is 641 g/mol. The summed E-state index contributed by atoms with van der Waals surface area (Å²) in [6, 6.07) is 60.9. The van der Waals surface area contributed by atoms with Gasteiger partial charge in [-0.25, -0.2) is 9.97 Å². The molecule has 2 aromatic heterocycles. The number of benzene rings is 8. The van der Waals surface area contributed by atoms with Gasteiger partial charge in [0, 0.05) is 21.2 Å². The van der Waals surface area contributed by atoms with Crippen LogP contribution in [0.5, 0.6) is 0 Å². The lowest BCUT2D eigenvalue weighted by Gasteiger charge is -2.13. The van der Waals surface area contributed by atoms with Crippen molar-refractivity contribution in [2.45, 2.75) is 0 Å². The first kappa shape index (κ1) is 27.9. The molecule has 0 unspecified atom stereocenters. The molecule has 0 aliphatic rings. The number of nitrogens with zero attached hydrogens (tertiary/aromatic N) is 2. The van der Waals surface area contributed by atoms with Crippen molar-refractivity contribution in [3.05, 3.63) is 170 Å². The SMILES string of the molecule is c1ccc(-c2nc(-c3cccc(-c4cccc(-c5ccc6c7ccccc7c7ccccc7c6c5)c4)c3)nc3c2sc2ccccc23)cc1. The Balaban J connectivity index is 1.10. The van der Waals surface area contributed by atoms with Crippen molar-refractivity contribution in [2.24, 2.45) is 0 Å². The van der Waals surface area contributed by atoms with Crippen LogP contribution >= 0.6 is 11.3 Å². The van der Waals surface area contributed by atoms with E-state index in [-0.39, 0.29) is 0 Å². The van der Waals surface area contributed by atoms with Gasteiger partial charge < -0.3 is 0 Å². The van der Waals surface area contributed by atoms with Crippen molar-refractivity contribution in [1.82, 2.24) is 9.97 Å². The number of aromatic nitrogens is 2. The van der Waals surface area contributed by atoms with E-state index in [1.807, 2.05) is 6.07 Å². The molecule has 0 spiro atoms. The van der Waals surface area contributed by atoms with E-state index in [1.165, 1.54) is 53.5 Å². The van der Waals surface area contributed by atoms with E-state index in [0.29, 0.717) is 0 Å². The fraction of sp³-hybridized carbons (Fsp3) is 0. The van der Waals surface area contributed by atoms with Crippen LogP contribution in [0.3, 0.4) is 0 Å². The molecule has 2 nitrogen and oxygen atoms in total. The highest BCUT2D eigenvalue weighted by Gasteiger charge is 2.17. The Morgan fingerprint density at radius 2 is 0.816 bits per heavy atom. The van der Waals surface area contributed by atoms with Gasteiger partial charge in [-0.1, -0.05) is 146 Å². The molecule has 10 aromatic rings. The molecule has 0 radical (unpaired) electrons. The highest BCUT2D eigenvalue weighted by Crippen LogP contribution is 2.40. The lowest BCUT2D eigenvalue weighted by Crippen LogP contribution is -1.94. The first-order chi connectivity index (χ1) is 24.3. The van der Waals surface area contributed by atoms with Crippen LogP contribution in [0, 0.1) is 0 Å². The Kier molecular flexibility index (Phi) is 6.39. The molecule has 228 valence electrons. The molecule has 0 aliphatic heterocycles. The monoisotopic (exact) mass is 640 g/mol. The van der Waals surface area contributed by atoms with Crippen LogP contribution in [-0.2, 0) is 0 Å². The molecule has 10 rings (SSSR count). The summed E-state index contributed by atoms with van der Waals surface area (Å²) >= 11 is 1.76. The van der Waals surface area contributed by atoms with Gasteiger partial charge in [0.2, 0.25) is 0 Å². The second-order valence-electron chi connectivity index (χ2n) is 12.6. The summed E-state index contributed by atoms with van der Waals surface area (Å²) in [5.41, 5.74) is 8.78. The van der Waals surface area contributed by atoms with E-state index >= 15 is 0 Å². The van der Waals surface area contributed by atoms with Crippen molar-refractivity contribution in [3.63, 3.8) is 0 Å². The summed E-state index contributed by atoms with van der Waals surface area (Å²) in [7, 11) is 0. The van der Waals surface area contributed by atoms with Crippen LogP contribution in [0.25, 0.3) is 97.5 Å². The maximum atomic E-state index is 5.21. The summed E-state index contributed by atoms with van der Waals surface area (Å²) in [6.45, 7) is 0. The highest BCUT2D eigenvalue weighted by atomic mass is 32.1. The minimum Gasteiger partial charge on any atom is -0.226 e. The van der Waals surface area contributed by atoms with Gasteiger partial charge in [0.15, 0.2) is 5.82 Å². The molecule has 3 heteroatoms. The second kappa shape index (κ2) is 11.2. The number of fused-ring (bicyclic) bond motifs is 9. The van der Waals surface area contributed by atoms with Gasteiger partial charge >= 0.3 is 0 Å². The molecule has 0 atom stereocenters. The molecule has 0 aliphatic carbocycles. The van der Waals surface area contributed by atoms with Crippen molar-refractivity contribution in [1.29, 1.82) is 0 Å². The topological polar surface area (TPSA) is 25.8 Å². The highest BCUT2D eigenvalue weighted by molar-refractivity contribution is 7.26. The molecular formula is C46H28N2S. The molecule has 8 aromatic carbocycles.